The van der Waals surface area contributed by atoms with Crippen LogP contribution in [0.2, 0.25) is 0 Å². The number of aryl methyl sites for hydroxylation is 1. The van der Waals surface area contributed by atoms with Crippen LogP contribution in [0, 0.1) is 18.3 Å². The SMILES string of the molecule is COc1ccc(C23CCC(CN(C(=O)C4CCC(O)CC4)c4cc(-n5ccc(C(C)C)n5)ccn4)(CC2)CC3)cc1C. The molecule has 1 N–H and O–H groups in total. The van der Waals surface area contributed by atoms with Crippen molar-refractivity contribution in [1.82, 2.24) is 14.8 Å². The Morgan fingerprint density at radius 1 is 1.05 bits per heavy atom. The Hall–Kier alpha value is -3.19. The Labute approximate surface area is 250 Å². The maximum atomic E-state index is 14.2. The minimum atomic E-state index is -0.288. The zero-order valence-corrected chi connectivity index (χ0v) is 25.7. The van der Waals surface area contributed by atoms with E-state index in [2.05, 4.69) is 45.0 Å². The van der Waals surface area contributed by atoms with E-state index in [-0.39, 0.29) is 28.8 Å². The van der Waals surface area contributed by atoms with Crippen LogP contribution in [-0.4, -0.2) is 45.5 Å². The number of rotatable bonds is 8. The summed E-state index contributed by atoms with van der Waals surface area (Å²) in [4.78, 5) is 21.0. The van der Waals surface area contributed by atoms with E-state index in [1.807, 2.05) is 34.1 Å². The van der Waals surface area contributed by atoms with Crippen molar-refractivity contribution < 1.29 is 14.6 Å². The van der Waals surface area contributed by atoms with Crippen LogP contribution in [0.25, 0.3) is 5.69 Å². The van der Waals surface area contributed by atoms with Crippen LogP contribution < -0.4 is 9.64 Å². The summed E-state index contributed by atoms with van der Waals surface area (Å²) in [5.41, 5.74) is 4.92. The molecule has 1 aromatic carbocycles. The van der Waals surface area contributed by atoms with Crippen LogP contribution in [-0.2, 0) is 10.2 Å². The first-order valence-corrected chi connectivity index (χ1v) is 15.9. The van der Waals surface area contributed by atoms with Crippen molar-refractivity contribution in [2.24, 2.45) is 11.3 Å². The molecular formula is C35H46N4O3. The normalized spacial score (nSPS) is 27.3. The van der Waals surface area contributed by atoms with E-state index in [1.54, 1.807) is 7.11 Å². The second-order valence-corrected chi connectivity index (χ2v) is 13.6. The molecule has 0 saturated heterocycles. The lowest BCUT2D eigenvalue weighted by Gasteiger charge is -2.55. The van der Waals surface area contributed by atoms with Crippen molar-refractivity contribution in [2.45, 2.75) is 102 Å². The molecule has 7 heteroatoms. The van der Waals surface area contributed by atoms with Crippen molar-refractivity contribution in [3.63, 3.8) is 0 Å². The number of aliphatic hydroxyl groups excluding tert-OH is 1. The summed E-state index contributed by atoms with van der Waals surface area (Å²) in [5.74, 6) is 2.11. The summed E-state index contributed by atoms with van der Waals surface area (Å²) in [6.45, 7) is 7.13. The fourth-order valence-electron chi connectivity index (χ4n) is 7.78. The average molecular weight is 571 g/mol. The predicted molar refractivity (Wildman–Crippen MR) is 165 cm³/mol. The molecule has 4 aliphatic carbocycles. The third kappa shape index (κ3) is 5.48. The van der Waals surface area contributed by atoms with Gasteiger partial charge in [-0.25, -0.2) is 9.67 Å². The van der Waals surface area contributed by atoms with Gasteiger partial charge in [0.2, 0.25) is 5.91 Å². The molecule has 224 valence electrons. The van der Waals surface area contributed by atoms with Gasteiger partial charge in [0.25, 0.3) is 0 Å². The zero-order valence-electron chi connectivity index (χ0n) is 25.7. The number of aliphatic hydroxyl groups is 1. The van der Waals surface area contributed by atoms with Gasteiger partial charge in [-0.1, -0.05) is 26.0 Å². The maximum absolute atomic E-state index is 14.2. The fourth-order valence-corrected chi connectivity index (χ4v) is 7.78. The quantitative estimate of drug-likeness (QED) is 0.319. The monoisotopic (exact) mass is 570 g/mol. The molecular weight excluding hydrogens is 524 g/mol. The third-order valence-corrected chi connectivity index (χ3v) is 10.7. The zero-order chi connectivity index (χ0) is 29.5. The number of hydrogen-bond acceptors (Lipinski definition) is 5. The lowest BCUT2D eigenvalue weighted by molar-refractivity contribution is -0.124. The van der Waals surface area contributed by atoms with Crippen LogP contribution in [0.1, 0.15) is 101 Å². The molecule has 0 radical (unpaired) electrons. The molecule has 0 atom stereocenters. The first-order valence-electron chi connectivity index (χ1n) is 15.9. The number of hydrogen-bond donors (Lipinski definition) is 1. The molecule has 0 aliphatic heterocycles. The largest absolute Gasteiger partial charge is 0.496 e. The highest BCUT2D eigenvalue weighted by Gasteiger charge is 2.50. The summed E-state index contributed by atoms with van der Waals surface area (Å²) < 4.78 is 7.42. The van der Waals surface area contributed by atoms with E-state index in [9.17, 15) is 9.90 Å². The number of carbonyl (C=O) groups is 1. The predicted octanol–water partition coefficient (Wildman–Crippen LogP) is 6.88. The van der Waals surface area contributed by atoms with Crippen molar-refractivity contribution in [1.29, 1.82) is 0 Å². The lowest BCUT2D eigenvalue weighted by Crippen LogP contribution is -2.52. The van der Waals surface area contributed by atoms with Crippen LogP contribution in [0.3, 0.4) is 0 Å². The number of ether oxygens (including phenoxy) is 1. The van der Waals surface area contributed by atoms with E-state index in [0.717, 1.165) is 68.5 Å². The van der Waals surface area contributed by atoms with Gasteiger partial charge in [0.05, 0.1) is 24.6 Å². The van der Waals surface area contributed by atoms with Crippen molar-refractivity contribution in [3.8, 4) is 11.4 Å². The van der Waals surface area contributed by atoms with Gasteiger partial charge in [0.15, 0.2) is 0 Å². The van der Waals surface area contributed by atoms with Gasteiger partial charge in [-0.15, -0.1) is 0 Å². The number of benzene rings is 1. The molecule has 42 heavy (non-hydrogen) atoms. The molecule has 4 aliphatic rings. The van der Waals surface area contributed by atoms with Gasteiger partial charge in [-0.3, -0.25) is 9.69 Å². The second-order valence-electron chi connectivity index (χ2n) is 13.6. The van der Waals surface area contributed by atoms with Crippen molar-refractivity contribution in [2.75, 3.05) is 18.6 Å². The van der Waals surface area contributed by atoms with Crippen molar-refractivity contribution >= 4 is 11.7 Å². The summed E-state index contributed by atoms with van der Waals surface area (Å²) in [7, 11) is 1.74. The van der Waals surface area contributed by atoms with Gasteiger partial charge in [-0.05, 0) is 117 Å². The number of fused-ring (bicyclic) bond motifs is 3. The number of methoxy groups -OCH3 is 1. The number of amides is 1. The number of aromatic nitrogens is 3. The molecule has 4 saturated carbocycles. The Kier molecular flexibility index (Phi) is 7.90. The molecule has 2 heterocycles. The highest BCUT2D eigenvalue weighted by atomic mass is 16.5. The summed E-state index contributed by atoms with van der Waals surface area (Å²) in [6.07, 6.45) is 13.2. The Bertz CT molecular complexity index is 1400. The summed E-state index contributed by atoms with van der Waals surface area (Å²) in [5, 5.41) is 14.9. The third-order valence-electron chi connectivity index (χ3n) is 10.7. The standard InChI is InChI=1S/C35H46N4O3/c1-24(2)30-12-20-39(37-30)28-11-19-36-32(22-28)38(33(41)26-5-8-29(40)9-6-26)23-34-13-16-35(17-14-34,18-15-34)27-7-10-31(42-4)25(3)21-27/h7,10-12,19-22,24,26,29,40H,5-6,8-9,13-18,23H2,1-4H3. The molecule has 7 rings (SSSR count). The van der Waals surface area contributed by atoms with Crippen LogP contribution in [0.5, 0.6) is 5.75 Å². The Balaban J connectivity index is 1.27. The molecule has 2 aromatic heterocycles. The first-order chi connectivity index (χ1) is 20.2. The van der Waals surface area contributed by atoms with E-state index >= 15 is 0 Å². The van der Waals surface area contributed by atoms with E-state index in [0.29, 0.717) is 31.1 Å². The van der Waals surface area contributed by atoms with E-state index < -0.39 is 0 Å². The van der Waals surface area contributed by atoms with Crippen LogP contribution in [0.15, 0.2) is 48.8 Å². The summed E-state index contributed by atoms with van der Waals surface area (Å²) in [6, 6.07) is 12.8. The number of carbonyl (C=O) groups excluding carboxylic acids is 1. The smallest absolute Gasteiger partial charge is 0.231 e. The molecule has 4 fully saturated rings. The maximum Gasteiger partial charge on any atom is 0.231 e. The van der Waals surface area contributed by atoms with Gasteiger partial charge in [0, 0.05) is 30.9 Å². The molecule has 3 aromatic rings. The number of nitrogens with zero attached hydrogens (tertiary/aromatic N) is 4. The van der Waals surface area contributed by atoms with Gasteiger partial charge < -0.3 is 9.84 Å². The summed E-state index contributed by atoms with van der Waals surface area (Å²) >= 11 is 0. The topological polar surface area (TPSA) is 80.5 Å². The number of anilines is 1. The Morgan fingerprint density at radius 3 is 2.38 bits per heavy atom. The molecule has 1 amide bonds. The minimum Gasteiger partial charge on any atom is -0.496 e. The first kappa shape index (κ1) is 28.9. The van der Waals surface area contributed by atoms with Crippen LogP contribution >= 0.6 is 0 Å². The van der Waals surface area contributed by atoms with E-state index in [4.69, 9.17) is 14.8 Å². The average Bonchev–Trinajstić information content (AvgIpc) is 3.52. The Morgan fingerprint density at radius 2 is 1.76 bits per heavy atom. The van der Waals surface area contributed by atoms with Gasteiger partial charge in [0.1, 0.15) is 11.6 Å². The van der Waals surface area contributed by atoms with Gasteiger partial charge in [-0.2, -0.15) is 5.10 Å². The van der Waals surface area contributed by atoms with E-state index in [1.165, 1.54) is 11.1 Å². The van der Waals surface area contributed by atoms with Gasteiger partial charge >= 0.3 is 0 Å². The number of pyridine rings is 1. The fraction of sp³-hybridized carbons (Fsp3) is 0.571. The molecule has 2 bridgehead atoms. The molecule has 7 nitrogen and oxygen atoms in total. The second kappa shape index (κ2) is 11.5. The van der Waals surface area contributed by atoms with Crippen molar-refractivity contribution in [3.05, 3.63) is 65.6 Å². The highest BCUT2D eigenvalue weighted by molar-refractivity contribution is 5.94. The lowest BCUT2D eigenvalue weighted by atomic mass is 9.51. The van der Waals surface area contributed by atoms with Crippen LogP contribution in [0.4, 0.5) is 5.82 Å². The minimum absolute atomic E-state index is 0.0685. The highest BCUT2D eigenvalue weighted by Crippen LogP contribution is 2.58. The molecule has 0 unspecified atom stereocenters. The molecule has 0 spiro atoms.